The Morgan fingerprint density at radius 2 is 1.62 bits per heavy atom. The van der Waals surface area contributed by atoms with Gasteiger partial charge in [0.25, 0.3) is 0 Å². The number of anilines is 2. The summed E-state index contributed by atoms with van der Waals surface area (Å²) in [6.07, 6.45) is 1.83. The predicted molar refractivity (Wildman–Crippen MR) is 106 cm³/mol. The SMILES string of the molecule is Cc1cc(C)c(Sc2nc(Nc3ccc(C#N)cc3)ncc2C)c(C)c1. The van der Waals surface area contributed by atoms with E-state index in [1.165, 1.54) is 21.6 Å². The van der Waals surface area contributed by atoms with Gasteiger partial charge >= 0.3 is 0 Å². The molecule has 26 heavy (non-hydrogen) atoms. The zero-order valence-electron chi connectivity index (χ0n) is 15.3. The number of hydrogen-bond donors (Lipinski definition) is 1. The number of aryl methyl sites for hydroxylation is 4. The lowest BCUT2D eigenvalue weighted by Gasteiger charge is -2.13. The minimum absolute atomic E-state index is 0.547. The van der Waals surface area contributed by atoms with Crippen molar-refractivity contribution in [3.8, 4) is 6.07 Å². The van der Waals surface area contributed by atoms with E-state index < -0.39 is 0 Å². The first-order valence-electron chi connectivity index (χ1n) is 8.33. The Labute approximate surface area is 158 Å². The first-order chi connectivity index (χ1) is 12.5. The van der Waals surface area contributed by atoms with Crippen LogP contribution in [0.2, 0.25) is 0 Å². The molecule has 1 N–H and O–H groups in total. The van der Waals surface area contributed by atoms with E-state index in [2.05, 4.69) is 54.3 Å². The molecule has 3 rings (SSSR count). The van der Waals surface area contributed by atoms with Gasteiger partial charge in [0.05, 0.1) is 11.6 Å². The van der Waals surface area contributed by atoms with Gasteiger partial charge in [-0.3, -0.25) is 0 Å². The summed E-state index contributed by atoms with van der Waals surface area (Å²) in [4.78, 5) is 10.3. The molecule has 0 aliphatic rings. The maximum Gasteiger partial charge on any atom is 0.228 e. The van der Waals surface area contributed by atoms with Crippen molar-refractivity contribution in [1.82, 2.24) is 9.97 Å². The molecule has 130 valence electrons. The van der Waals surface area contributed by atoms with Crippen molar-refractivity contribution in [3.63, 3.8) is 0 Å². The summed E-state index contributed by atoms with van der Waals surface area (Å²) in [7, 11) is 0. The van der Waals surface area contributed by atoms with Gasteiger partial charge in [-0.2, -0.15) is 5.26 Å². The monoisotopic (exact) mass is 360 g/mol. The first-order valence-corrected chi connectivity index (χ1v) is 9.14. The van der Waals surface area contributed by atoms with Gasteiger partial charge in [0, 0.05) is 22.3 Å². The van der Waals surface area contributed by atoms with Gasteiger partial charge < -0.3 is 5.32 Å². The molecule has 1 heterocycles. The number of nitriles is 1. The Hall–Kier alpha value is -2.84. The van der Waals surface area contributed by atoms with Crippen LogP contribution in [0.4, 0.5) is 11.6 Å². The van der Waals surface area contributed by atoms with Crippen LogP contribution < -0.4 is 5.32 Å². The third-order valence-electron chi connectivity index (χ3n) is 4.00. The number of benzene rings is 2. The smallest absolute Gasteiger partial charge is 0.228 e. The highest BCUT2D eigenvalue weighted by atomic mass is 32.2. The van der Waals surface area contributed by atoms with Crippen LogP contribution >= 0.6 is 11.8 Å². The largest absolute Gasteiger partial charge is 0.324 e. The number of nitrogens with zero attached hydrogens (tertiary/aromatic N) is 3. The standard InChI is InChI=1S/C21H20N4S/c1-13-9-14(2)19(15(3)10-13)26-20-16(4)12-23-21(25-20)24-18-7-5-17(11-22)6-8-18/h5-10,12H,1-4H3,(H,23,24,25). The predicted octanol–water partition coefficient (Wildman–Crippen LogP) is 5.48. The van der Waals surface area contributed by atoms with E-state index in [0.29, 0.717) is 11.5 Å². The molecule has 5 heteroatoms. The number of hydrogen-bond acceptors (Lipinski definition) is 5. The normalized spacial score (nSPS) is 10.4. The molecular weight excluding hydrogens is 340 g/mol. The molecule has 0 aliphatic heterocycles. The van der Waals surface area contributed by atoms with Crippen molar-refractivity contribution in [1.29, 1.82) is 5.26 Å². The maximum absolute atomic E-state index is 8.89. The molecule has 0 atom stereocenters. The van der Waals surface area contributed by atoms with Crippen LogP contribution in [0.5, 0.6) is 0 Å². The van der Waals surface area contributed by atoms with Crippen molar-refractivity contribution in [2.75, 3.05) is 5.32 Å². The van der Waals surface area contributed by atoms with E-state index in [-0.39, 0.29) is 0 Å². The Morgan fingerprint density at radius 1 is 0.962 bits per heavy atom. The second kappa shape index (κ2) is 7.59. The number of nitrogens with one attached hydrogen (secondary N) is 1. The zero-order chi connectivity index (χ0) is 18.7. The molecule has 1 aromatic heterocycles. The maximum atomic E-state index is 8.89. The van der Waals surface area contributed by atoms with Crippen LogP contribution in [0.25, 0.3) is 0 Å². The second-order valence-corrected chi connectivity index (χ2v) is 7.32. The Morgan fingerprint density at radius 3 is 2.23 bits per heavy atom. The Bertz CT molecular complexity index is 965. The number of rotatable bonds is 4. The molecule has 4 nitrogen and oxygen atoms in total. The molecular formula is C21H20N4S. The molecule has 2 aromatic carbocycles. The van der Waals surface area contributed by atoms with Crippen LogP contribution in [-0.2, 0) is 0 Å². The van der Waals surface area contributed by atoms with Gasteiger partial charge in [0.1, 0.15) is 5.03 Å². The summed E-state index contributed by atoms with van der Waals surface area (Å²) in [5, 5.41) is 13.0. The molecule has 0 aliphatic carbocycles. The third kappa shape index (κ3) is 4.04. The van der Waals surface area contributed by atoms with Crippen LogP contribution in [0, 0.1) is 39.0 Å². The fraction of sp³-hybridized carbons (Fsp3) is 0.190. The minimum Gasteiger partial charge on any atom is -0.324 e. The fourth-order valence-electron chi connectivity index (χ4n) is 2.77. The van der Waals surface area contributed by atoms with Gasteiger partial charge in [0.2, 0.25) is 5.95 Å². The van der Waals surface area contributed by atoms with Gasteiger partial charge in [-0.25, -0.2) is 9.97 Å². The quantitative estimate of drug-likeness (QED) is 0.625. The summed E-state index contributed by atoms with van der Waals surface area (Å²) in [5.74, 6) is 0.547. The van der Waals surface area contributed by atoms with Crippen molar-refractivity contribution in [2.45, 2.75) is 37.6 Å². The molecule has 0 spiro atoms. The molecule has 3 aromatic rings. The lowest BCUT2D eigenvalue weighted by molar-refractivity contribution is 1.01. The highest BCUT2D eigenvalue weighted by Gasteiger charge is 2.11. The summed E-state index contributed by atoms with van der Waals surface area (Å²) < 4.78 is 0. The molecule has 0 amide bonds. The third-order valence-corrected chi connectivity index (χ3v) is 5.45. The summed E-state index contributed by atoms with van der Waals surface area (Å²) in [5.41, 5.74) is 6.30. The van der Waals surface area contributed by atoms with Crippen LogP contribution in [0.1, 0.15) is 27.8 Å². The Kier molecular flexibility index (Phi) is 5.24. The van der Waals surface area contributed by atoms with Gasteiger partial charge in [-0.1, -0.05) is 29.5 Å². The van der Waals surface area contributed by atoms with Crippen molar-refractivity contribution >= 4 is 23.4 Å². The van der Waals surface area contributed by atoms with E-state index in [1.54, 1.807) is 23.9 Å². The molecule has 0 bridgehead atoms. The minimum atomic E-state index is 0.547. The van der Waals surface area contributed by atoms with Crippen molar-refractivity contribution < 1.29 is 0 Å². The summed E-state index contributed by atoms with van der Waals surface area (Å²) in [6.45, 7) is 8.40. The molecule has 0 fully saturated rings. The van der Waals surface area contributed by atoms with E-state index >= 15 is 0 Å². The Balaban J connectivity index is 1.87. The van der Waals surface area contributed by atoms with Crippen LogP contribution in [0.3, 0.4) is 0 Å². The molecule has 0 saturated carbocycles. The fourth-order valence-corrected chi connectivity index (χ4v) is 3.75. The van der Waals surface area contributed by atoms with Crippen molar-refractivity contribution in [3.05, 3.63) is 70.4 Å². The molecule has 0 unspecified atom stereocenters. The zero-order valence-corrected chi connectivity index (χ0v) is 16.1. The molecule has 0 radical (unpaired) electrons. The topological polar surface area (TPSA) is 61.6 Å². The van der Waals surface area contributed by atoms with Gasteiger partial charge in [0.15, 0.2) is 0 Å². The van der Waals surface area contributed by atoms with Gasteiger partial charge in [-0.15, -0.1) is 0 Å². The van der Waals surface area contributed by atoms with Crippen LogP contribution in [0.15, 0.2) is 52.5 Å². The lowest BCUT2D eigenvalue weighted by Crippen LogP contribution is -2.00. The summed E-state index contributed by atoms with van der Waals surface area (Å²) in [6, 6.07) is 13.7. The van der Waals surface area contributed by atoms with Crippen LogP contribution in [-0.4, -0.2) is 9.97 Å². The highest BCUT2D eigenvalue weighted by Crippen LogP contribution is 2.34. The highest BCUT2D eigenvalue weighted by molar-refractivity contribution is 7.99. The van der Waals surface area contributed by atoms with Gasteiger partial charge in [-0.05, 0) is 63.1 Å². The first kappa shape index (κ1) is 18.0. The summed E-state index contributed by atoms with van der Waals surface area (Å²) >= 11 is 1.67. The van der Waals surface area contributed by atoms with Crippen molar-refractivity contribution in [2.24, 2.45) is 0 Å². The average molecular weight is 360 g/mol. The molecule has 0 saturated heterocycles. The van der Waals surface area contributed by atoms with E-state index in [1.807, 2.05) is 25.3 Å². The van der Waals surface area contributed by atoms with E-state index in [4.69, 9.17) is 5.26 Å². The second-order valence-electron chi connectivity index (χ2n) is 6.33. The van der Waals surface area contributed by atoms with E-state index in [9.17, 15) is 0 Å². The average Bonchev–Trinajstić information content (AvgIpc) is 2.61. The van der Waals surface area contributed by atoms with E-state index in [0.717, 1.165) is 16.3 Å². The lowest BCUT2D eigenvalue weighted by atomic mass is 10.1. The number of aromatic nitrogens is 2.